The number of nitrogens with zero attached hydrogens (tertiary/aromatic N) is 2. The predicted molar refractivity (Wildman–Crippen MR) is 99.8 cm³/mol. The average molecular weight is 350 g/mol. The summed E-state index contributed by atoms with van der Waals surface area (Å²) in [6.45, 7) is 3.84. The summed E-state index contributed by atoms with van der Waals surface area (Å²) in [6, 6.07) is 15.1. The van der Waals surface area contributed by atoms with E-state index in [9.17, 15) is 9.18 Å². The van der Waals surface area contributed by atoms with Gasteiger partial charge in [0.25, 0.3) is 5.91 Å². The first kappa shape index (κ1) is 17.5. The van der Waals surface area contributed by atoms with E-state index in [1.54, 1.807) is 30.3 Å². The quantitative estimate of drug-likeness (QED) is 0.725. The Balaban J connectivity index is 1.74. The lowest BCUT2D eigenvalue weighted by atomic mass is 10.1. The van der Waals surface area contributed by atoms with Crippen molar-refractivity contribution in [2.75, 3.05) is 5.32 Å². The van der Waals surface area contributed by atoms with E-state index in [1.165, 1.54) is 18.5 Å². The lowest BCUT2D eigenvalue weighted by Gasteiger charge is -2.10. The first-order chi connectivity index (χ1) is 12.5. The number of amides is 1. The van der Waals surface area contributed by atoms with E-state index in [4.69, 9.17) is 0 Å². The summed E-state index contributed by atoms with van der Waals surface area (Å²) in [6.07, 6.45) is 1.45. The molecule has 0 saturated heterocycles. The zero-order chi connectivity index (χ0) is 18.5. The van der Waals surface area contributed by atoms with Gasteiger partial charge >= 0.3 is 0 Å². The molecule has 0 aliphatic carbocycles. The molecule has 0 fully saturated rings. The van der Waals surface area contributed by atoms with Gasteiger partial charge in [-0.2, -0.15) is 0 Å². The van der Waals surface area contributed by atoms with Crippen molar-refractivity contribution in [1.82, 2.24) is 15.3 Å². The lowest BCUT2D eigenvalue weighted by Crippen LogP contribution is -2.29. The van der Waals surface area contributed by atoms with E-state index < -0.39 is 0 Å². The molecular weight excluding hydrogens is 331 g/mol. The second kappa shape index (κ2) is 7.74. The highest BCUT2D eigenvalue weighted by molar-refractivity contribution is 5.94. The van der Waals surface area contributed by atoms with Crippen LogP contribution >= 0.6 is 0 Å². The lowest BCUT2D eigenvalue weighted by molar-refractivity contribution is 0.0943. The number of nitrogens with one attached hydrogen (secondary N) is 2. The van der Waals surface area contributed by atoms with Gasteiger partial charge in [-0.1, -0.05) is 0 Å². The molecule has 3 aromatic rings. The monoisotopic (exact) mass is 350 g/mol. The number of aromatic nitrogens is 2. The third-order valence-corrected chi connectivity index (χ3v) is 3.65. The van der Waals surface area contributed by atoms with E-state index >= 15 is 0 Å². The molecule has 0 saturated carbocycles. The van der Waals surface area contributed by atoms with Crippen LogP contribution in [-0.2, 0) is 0 Å². The van der Waals surface area contributed by atoms with Crippen LogP contribution in [0.25, 0.3) is 11.3 Å². The van der Waals surface area contributed by atoms with Crippen molar-refractivity contribution in [3.63, 3.8) is 0 Å². The number of benzene rings is 2. The zero-order valence-electron chi connectivity index (χ0n) is 14.5. The summed E-state index contributed by atoms with van der Waals surface area (Å²) in [5, 5.41) is 6.03. The smallest absolute Gasteiger partial charge is 0.251 e. The van der Waals surface area contributed by atoms with Crippen molar-refractivity contribution >= 4 is 17.4 Å². The minimum atomic E-state index is -0.289. The van der Waals surface area contributed by atoms with E-state index in [-0.39, 0.29) is 17.8 Å². The zero-order valence-corrected chi connectivity index (χ0v) is 14.5. The largest absolute Gasteiger partial charge is 0.350 e. The van der Waals surface area contributed by atoms with Gasteiger partial charge in [0.15, 0.2) is 0 Å². The van der Waals surface area contributed by atoms with Crippen LogP contribution in [-0.4, -0.2) is 21.9 Å². The summed E-state index contributed by atoms with van der Waals surface area (Å²) >= 11 is 0. The summed E-state index contributed by atoms with van der Waals surface area (Å²) in [4.78, 5) is 20.4. The molecule has 3 rings (SSSR count). The first-order valence-electron chi connectivity index (χ1n) is 8.27. The van der Waals surface area contributed by atoms with Gasteiger partial charge in [-0.05, 0) is 62.4 Å². The highest BCUT2D eigenvalue weighted by Gasteiger charge is 2.07. The van der Waals surface area contributed by atoms with Crippen LogP contribution in [0.15, 0.2) is 60.9 Å². The Kier molecular flexibility index (Phi) is 5.22. The first-order valence-corrected chi connectivity index (χ1v) is 8.27. The summed E-state index contributed by atoms with van der Waals surface area (Å²) < 4.78 is 13.1. The molecule has 6 heteroatoms. The number of hydrogen-bond donors (Lipinski definition) is 2. The van der Waals surface area contributed by atoms with Crippen LogP contribution in [0.5, 0.6) is 0 Å². The van der Waals surface area contributed by atoms with Crippen LogP contribution in [0.2, 0.25) is 0 Å². The van der Waals surface area contributed by atoms with Gasteiger partial charge in [0.1, 0.15) is 18.0 Å². The number of anilines is 2. The molecule has 1 amide bonds. The van der Waals surface area contributed by atoms with Gasteiger partial charge in [-0.15, -0.1) is 0 Å². The number of halogens is 1. The van der Waals surface area contributed by atoms with Gasteiger partial charge in [0.05, 0.1) is 5.69 Å². The van der Waals surface area contributed by atoms with Crippen LogP contribution < -0.4 is 10.6 Å². The molecule has 2 aromatic carbocycles. The minimum Gasteiger partial charge on any atom is -0.350 e. The fourth-order valence-electron chi connectivity index (χ4n) is 2.40. The Hall–Kier alpha value is -3.28. The minimum absolute atomic E-state index is 0.0891. The molecule has 0 atom stereocenters. The van der Waals surface area contributed by atoms with Gasteiger partial charge in [-0.25, -0.2) is 14.4 Å². The molecule has 0 radical (unpaired) electrons. The molecule has 1 aromatic heterocycles. The Morgan fingerprint density at radius 2 is 1.69 bits per heavy atom. The van der Waals surface area contributed by atoms with Crippen molar-refractivity contribution in [1.29, 1.82) is 0 Å². The van der Waals surface area contributed by atoms with Crippen molar-refractivity contribution in [3.05, 3.63) is 72.3 Å². The molecule has 1 heterocycles. The van der Waals surface area contributed by atoms with E-state index in [1.807, 2.05) is 26.0 Å². The van der Waals surface area contributed by atoms with E-state index in [0.717, 1.165) is 11.3 Å². The Bertz CT molecular complexity index is 892. The molecule has 0 aliphatic rings. The second-order valence-corrected chi connectivity index (χ2v) is 6.13. The molecule has 0 bridgehead atoms. The Labute approximate surface area is 151 Å². The number of rotatable bonds is 5. The van der Waals surface area contributed by atoms with Crippen LogP contribution in [0.3, 0.4) is 0 Å². The van der Waals surface area contributed by atoms with Crippen molar-refractivity contribution in [2.45, 2.75) is 19.9 Å². The standard InChI is InChI=1S/C20H19FN4O/c1-13(2)24-20(26)15-5-9-17(10-6-15)25-19-11-18(22-12-23-19)14-3-7-16(21)8-4-14/h3-13H,1-2H3,(H,24,26)(H,22,23,25). The maximum atomic E-state index is 13.1. The van der Waals surface area contributed by atoms with Crippen molar-refractivity contribution in [3.8, 4) is 11.3 Å². The fourth-order valence-corrected chi connectivity index (χ4v) is 2.40. The van der Waals surface area contributed by atoms with Gasteiger partial charge in [0.2, 0.25) is 0 Å². The summed E-state index contributed by atoms with van der Waals surface area (Å²) in [5.74, 6) is 0.216. The number of carbonyl (C=O) groups excluding carboxylic acids is 1. The van der Waals surface area contributed by atoms with Gasteiger partial charge in [0, 0.05) is 28.9 Å². The highest BCUT2D eigenvalue weighted by Crippen LogP contribution is 2.21. The van der Waals surface area contributed by atoms with Gasteiger partial charge < -0.3 is 10.6 Å². The third-order valence-electron chi connectivity index (χ3n) is 3.65. The normalized spacial score (nSPS) is 10.6. The van der Waals surface area contributed by atoms with E-state index in [2.05, 4.69) is 20.6 Å². The summed E-state index contributed by atoms with van der Waals surface area (Å²) in [5.41, 5.74) is 2.89. The Morgan fingerprint density at radius 1 is 1.00 bits per heavy atom. The SMILES string of the molecule is CC(C)NC(=O)c1ccc(Nc2cc(-c3ccc(F)cc3)ncn2)cc1. The molecule has 0 aliphatic heterocycles. The molecule has 5 nitrogen and oxygen atoms in total. The second-order valence-electron chi connectivity index (χ2n) is 6.13. The maximum Gasteiger partial charge on any atom is 0.251 e. The molecule has 132 valence electrons. The van der Waals surface area contributed by atoms with Gasteiger partial charge in [-0.3, -0.25) is 4.79 Å². The Morgan fingerprint density at radius 3 is 2.35 bits per heavy atom. The summed E-state index contributed by atoms with van der Waals surface area (Å²) in [7, 11) is 0. The molecule has 0 unspecified atom stereocenters. The third kappa shape index (κ3) is 4.42. The maximum absolute atomic E-state index is 13.1. The fraction of sp³-hybridized carbons (Fsp3) is 0.150. The molecular formula is C20H19FN4O. The average Bonchev–Trinajstić information content (AvgIpc) is 2.62. The number of carbonyl (C=O) groups is 1. The van der Waals surface area contributed by atoms with Crippen molar-refractivity contribution in [2.24, 2.45) is 0 Å². The molecule has 26 heavy (non-hydrogen) atoms. The van der Waals surface area contributed by atoms with Crippen LogP contribution in [0.4, 0.5) is 15.9 Å². The topological polar surface area (TPSA) is 66.9 Å². The van der Waals surface area contributed by atoms with Crippen molar-refractivity contribution < 1.29 is 9.18 Å². The van der Waals surface area contributed by atoms with E-state index in [0.29, 0.717) is 17.1 Å². The number of hydrogen-bond acceptors (Lipinski definition) is 4. The predicted octanol–water partition coefficient (Wildman–Crippen LogP) is 4.16. The molecule has 0 spiro atoms. The van der Waals surface area contributed by atoms with Crippen LogP contribution in [0.1, 0.15) is 24.2 Å². The molecule has 2 N–H and O–H groups in total. The highest BCUT2D eigenvalue weighted by atomic mass is 19.1. The van der Waals surface area contributed by atoms with Crippen LogP contribution in [0, 0.1) is 5.82 Å².